The van der Waals surface area contributed by atoms with Gasteiger partial charge in [0.05, 0.1) is 11.7 Å². The van der Waals surface area contributed by atoms with Crippen LogP contribution in [0.5, 0.6) is 0 Å². The van der Waals surface area contributed by atoms with Crippen LogP contribution < -0.4 is 5.32 Å². The minimum absolute atomic E-state index is 0.236. The Morgan fingerprint density at radius 2 is 1.79 bits per heavy atom. The summed E-state index contributed by atoms with van der Waals surface area (Å²) in [5.41, 5.74) is -0.343. The first-order valence-corrected chi connectivity index (χ1v) is 8.01. The molecule has 110 valence electrons. The van der Waals surface area contributed by atoms with Gasteiger partial charge in [-0.3, -0.25) is 10.1 Å². The zero-order chi connectivity index (χ0) is 14.2. The fourth-order valence-corrected chi connectivity index (χ4v) is 4.03. The first-order valence-electron chi connectivity index (χ1n) is 8.01. The number of nitrogens with one attached hydrogen (secondary N) is 1. The third-order valence-electron chi connectivity index (χ3n) is 5.17. The Morgan fingerprint density at radius 1 is 1.21 bits per heavy atom. The Balaban J connectivity index is 2.19. The van der Waals surface area contributed by atoms with E-state index in [4.69, 9.17) is 0 Å². The summed E-state index contributed by atoms with van der Waals surface area (Å²) in [6.07, 6.45) is 5.77. The van der Waals surface area contributed by atoms with Crippen LogP contribution >= 0.6 is 0 Å². The van der Waals surface area contributed by atoms with E-state index in [0.29, 0.717) is 11.9 Å². The third-order valence-corrected chi connectivity index (χ3v) is 5.17. The molecule has 4 unspecified atom stereocenters. The molecular weight excluding hydrogens is 236 g/mol. The molecule has 1 aliphatic carbocycles. The van der Waals surface area contributed by atoms with E-state index in [1.54, 1.807) is 0 Å². The maximum atomic E-state index is 12.8. The van der Waals surface area contributed by atoms with E-state index in [0.717, 1.165) is 24.7 Å². The van der Waals surface area contributed by atoms with Crippen LogP contribution in [0.2, 0.25) is 0 Å². The van der Waals surface area contributed by atoms with Crippen LogP contribution in [0.1, 0.15) is 66.7 Å². The SMILES string of the molecule is CCC1NC(C)(CC)C(=O)N1C1CC(C)CC(C)C1. The second-order valence-electron chi connectivity index (χ2n) is 7.04. The highest BCUT2D eigenvalue weighted by Gasteiger charge is 2.49. The molecule has 1 saturated carbocycles. The molecule has 2 fully saturated rings. The predicted octanol–water partition coefficient (Wildman–Crippen LogP) is 3.15. The summed E-state index contributed by atoms with van der Waals surface area (Å²) in [6.45, 7) is 11.0. The molecule has 3 heteroatoms. The van der Waals surface area contributed by atoms with E-state index >= 15 is 0 Å². The molecule has 1 heterocycles. The molecular formula is C16H30N2O. The molecule has 1 amide bonds. The van der Waals surface area contributed by atoms with Crippen molar-refractivity contribution in [1.82, 2.24) is 10.2 Å². The summed E-state index contributed by atoms with van der Waals surface area (Å²) >= 11 is 0. The van der Waals surface area contributed by atoms with E-state index in [1.807, 2.05) is 0 Å². The molecule has 1 saturated heterocycles. The van der Waals surface area contributed by atoms with E-state index in [9.17, 15) is 4.79 Å². The highest BCUT2D eigenvalue weighted by molar-refractivity contribution is 5.88. The largest absolute Gasteiger partial charge is 0.323 e. The molecule has 19 heavy (non-hydrogen) atoms. The van der Waals surface area contributed by atoms with Crippen LogP contribution in [0, 0.1) is 11.8 Å². The van der Waals surface area contributed by atoms with Crippen molar-refractivity contribution in [3.63, 3.8) is 0 Å². The van der Waals surface area contributed by atoms with Gasteiger partial charge in [0.1, 0.15) is 0 Å². The van der Waals surface area contributed by atoms with Gasteiger partial charge in [0.25, 0.3) is 0 Å². The van der Waals surface area contributed by atoms with E-state index in [1.165, 1.54) is 19.3 Å². The Kier molecular flexibility index (Phi) is 4.24. The molecule has 0 aromatic rings. The average molecular weight is 266 g/mol. The van der Waals surface area contributed by atoms with Gasteiger partial charge in [0.15, 0.2) is 0 Å². The second-order valence-corrected chi connectivity index (χ2v) is 7.04. The van der Waals surface area contributed by atoms with Crippen LogP contribution in [-0.4, -0.2) is 28.6 Å². The molecule has 0 spiro atoms. The standard InChI is InChI=1S/C16H30N2O/c1-6-14-17-16(5,7-2)15(19)18(14)13-9-11(3)8-12(4)10-13/h11-14,17H,6-10H2,1-5H3. The van der Waals surface area contributed by atoms with Gasteiger partial charge in [-0.15, -0.1) is 0 Å². The number of carbonyl (C=O) groups is 1. The third kappa shape index (κ3) is 2.67. The topological polar surface area (TPSA) is 32.3 Å². The maximum Gasteiger partial charge on any atom is 0.244 e. The smallest absolute Gasteiger partial charge is 0.244 e. The minimum atomic E-state index is -0.343. The highest BCUT2D eigenvalue weighted by atomic mass is 16.2. The van der Waals surface area contributed by atoms with Crippen molar-refractivity contribution in [2.45, 2.75) is 84.5 Å². The minimum Gasteiger partial charge on any atom is -0.323 e. The lowest BCUT2D eigenvalue weighted by molar-refractivity contribution is -0.136. The summed E-state index contributed by atoms with van der Waals surface area (Å²) in [5, 5.41) is 3.57. The van der Waals surface area contributed by atoms with Gasteiger partial charge in [0, 0.05) is 6.04 Å². The number of hydrogen-bond acceptors (Lipinski definition) is 2. The van der Waals surface area contributed by atoms with Crippen LogP contribution in [0.4, 0.5) is 0 Å². The van der Waals surface area contributed by atoms with Gasteiger partial charge in [-0.2, -0.15) is 0 Å². The molecule has 2 aliphatic rings. The van der Waals surface area contributed by atoms with Crippen LogP contribution in [0.15, 0.2) is 0 Å². The predicted molar refractivity (Wildman–Crippen MR) is 78.7 cm³/mol. The highest BCUT2D eigenvalue weighted by Crippen LogP contribution is 2.36. The van der Waals surface area contributed by atoms with Crippen molar-refractivity contribution in [3.05, 3.63) is 0 Å². The van der Waals surface area contributed by atoms with Crippen molar-refractivity contribution in [1.29, 1.82) is 0 Å². The Hall–Kier alpha value is -0.570. The normalized spacial score (nSPS) is 43.8. The molecule has 0 radical (unpaired) electrons. The number of carbonyl (C=O) groups excluding carboxylic acids is 1. The Morgan fingerprint density at radius 3 is 2.26 bits per heavy atom. The van der Waals surface area contributed by atoms with Gasteiger partial charge >= 0.3 is 0 Å². The zero-order valence-electron chi connectivity index (χ0n) is 13.2. The first-order chi connectivity index (χ1) is 8.91. The number of rotatable bonds is 3. The first kappa shape index (κ1) is 14.8. The fourth-order valence-electron chi connectivity index (χ4n) is 4.03. The number of nitrogens with zero attached hydrogens (tertiary/aromatic N) is 1. The Labute approximate surface area is 118 Å². The van der Waals surface area contributed by atoms with Gasteiger partial charge in [-0.05, 0) is 50.9 Å². The molecule has 0 aromatic heterocycles. The van der Waals surface area contributed by atoms with Crippen molar-refractivity contribution in [2.24, 2.45) is 11.8 Å². The lowest BCUT2D eigenvalue weighted by Crippen LogP contribution is -2.47. The van der Waals surface area contributed by atoms with Gasteiger partial charge < -0.3 is 4.90 Å². The summed E-state index contributed by atoms with van der Waals surface area (Å²) < 4.78 is 0. The fraction of sp³-hybridized carbons (Fsp3) is 0.938. The second kappa shape index (κ2) is 5.43. The van der Waals surface area contributed by atoms with Crippen LogP contribution in [-0.2, 0) is 4.79 Å². The van der Waals surface area contributed by atoms with Crippen LogP contribution in [0.3, 0.4) is 0 Å². The lowest BCUT2D eigenvalue weighted by Gasteiger charge is -2.39. The molecule has 1 N–H and O–H groups in total. The zero-order valence-corrected chi connectivity index (χ0v) is 13.2. The monoisotopic (exact) mass is 266 g/mol. The van der Waals surface area contributed by atoms with E-state index in [2.05, 4.69) is 44.8 Å². The van der Waals surface area contributed by atoms with Crippen molar-refractivity contribution >= 4 is 5.91 Å². The quantitative estimate of drug-likeness (QED) is 0.851. The Bertz CT molecular complexity index is 334. The van der Waals surface area contributed by atoms with E-state index in [-0.39, 0.29) is 11.7 Å². The van der Waals surface area contributed by atoms with Crippen molar-refractivity contribution in [3.8, 4) is 0 Å². The van der Waals surface area contributed by atoms with Crippen LogP contribution in [0.25, 0.3) is 0 Å². The molecule has 0 bridgehead atoms. The maximum absolute atomic E-state index is 12.8. The lowest BCUT2D eigenvalue weighted by atomic mass is 9.79. The summed E-state index contributed by atoms with van der Waals surface area (Å²) in [4.78, 5) is 15.0. The average Bonchev–Trinajstić information content (AvgIpc) is 2.61. The molecule has 3 nitrogen and oxygen atoms in total. The summed E-state index contributed by atoms with van der Waals surface area (Å²) in [7, 11) is 0. The van der Waals surface area contributed by atoms with Gasteiger partial charge in [0.2, 0.25) is 5.91 Å². The number of amides is 1. The van der Waals surface area contributed by atoms with Crippen molar-refractivity contribution in [2.75, 3.05) is 0 Å². The number of hydrogen-bond donors (Lipinski definition) is 1. The summed E-state index contributed by atoms with van der Waals surface area (Å²) in [5.74, 6) is 1.81. The molecule has 0 aromatic carbocycles. The van der Waals surface area contributed by atoms with Gasteiger partial charge in [-0.25, -0.2) is 0 Å². The van der Waals surface area contributed by atoms with Gasteiger partial charge in [-0.1, -0.05) is 27.7 Å². The molecule has 4 atom stereocenters. The van der Waals surface area contributed by atoms with Crippen molar-refractivity contribution < 1.29 is 4.79 Å². The molecule has 1 aliphatic heterocycles. The van der Waals surface area contributed by atoms with E-state index < -0.39 is 0 Å². The molecule has 2 rings (SSSR count). The summed E-state index contributed by atoms with van der Waals surface area (Å²) in [6, 6.07) is 0.442.